The fourth-order valence-corrected chi connectivity index (χ4v) is 4.28. The number of nitrogens with two attached hydrogens (primary N) is 1. The van der Waals surface area contributed by atoms with Gasteiger partial charge in [0.1, 0.15) is 10.7 Å². The number of nitrogens with zero attached hydrogens (tertiary/aromatic N) is 2. The van der Waals surface area contributed by atoms with Gasteiger partial charge in [-0.2, -0.15) is 0 Å². The van der Waals surface area contributed by atoms with Gasteiger partial charge in [0.2, 0.25) is 0 Å². The predicted molar refractivity (Wildman–Crippen MR) is 102 cm³/mol. The zero-order valence-electron chi connectivity index (χ0n) is 12.8. The van der Waals surface area contributed by atoms with Gasteiger partial charge in [0.05, 0.1) is 4.88 Å². The summed E-state index contributed by atoms with van der Waals surface area (Å²) in [6, 6.07) is 4.25. The van der Waals surface area contributed by atoms with Gasteiger partial charge in [0, 0.05) is 24.5 Å². The topological polar surface area (TPSA) is 59.2 Å². The molecule has 2 aromatic heterocycles. The number of amides is 1. The second-order valence-corrected chi connectivity index (χ2v) is 7.31. The average molecular weight is 394 g/mol. The number of rotatable bonds is 3. The summed E-state index contributed by atoms with van der Waals surface area (Å²) >= 11 is 3.19. The summed E-state index contributed by atoms with van der Waals surface area (Å²) in [5, 5.41) is 4.82. The van der Waals surface area contributed by atoms with Crippen molar-refractivity contribution in [3.8, 4) is 9.88 Å². The molecule has 1 amide bonds. The van der Waals surface area contributed by atoms with Crippen molar-refractivity contribution in [2.75, 3.05) is 13.1 Å². The van der Waals surface area contributed by atoms with Crippen LogP contribution in [0.1, 0.15) is 30.3 Å². The number of piperidine rings is 1. The number of carbonyl (C=O) groups is 1. The van der Waals surface area contributed by atoms with Gasteiger partial charge in [0.25, 0.3) is 5.91 Å². The first-order valence-corrected chi connectivity index (χ1v) is 8.95. The molecular weight excluding hydrogens is 373 g/mol. The van der Waals surface area contributed by atoms with Crippen molar-refractivity contribution < 1.29 is 4.79 Å². The molecule has 0 radical (unpaired) electrons. The van der Waals surface area contributed by atoms with E-state index in [2.05, 4.69) is 11.9 Å². The first-order valence-electron chi connectivity index (χ1n) is 7.19. The molecule has 1 atom stereocenters. The van der Waals surface area contributed by atoms with Crippen molar-refractivity contribution in [1.82, 2.24) is 9.88 Å². The van der Waals surface area contributed by atoms with Crippen LogP contribution < -0.4 is 5.73 Å². The molecular formula is C15H21Cl2N3OS2. The maximum absolute atomic E-state index is 12.5. The summed E-state index contributed by atoms with van der Waals surface area (Å²) in [4.78, 5) is 20.0. The highest BCUT2D eigenvalue weighted by atomic mass is 35.5. The fourth-order valence-electron chi connectivity index (χ4n) is 2.68. The van der Waals surface area contributed by atoms with Crippen molar-refractivity contribution in [2.45, 2.75) is 25.8 Å². The molecule has 0 saturated carbocycles. The van der Waals surface area contributed by atoms with E-state index in [-0.39, 0.29) is 36.8 Å². The van der Waals surface area contributed by atoms with Crippen LogP contribution in [0.25, 0.3) is 9.88 Å². The maximum atomic E-state index is 12.5. The molecule has 0 spiro atoms. The van der Waals surface area contributed by atoms with Crippen LogP contribution in [0, 0.1) is 5.92 Å². The van der Waals surface area contributed by atoms with Crippen molar-refractivity contribution >= 4 is 53.4 Å². The van der Waals surface area contributed by atoms with Crippen LogP contribution in [0.3, 0.4) is 0 Å². The Hall–Kier alpha value is -0.660. The largest absolute Gasteiger partial charge is 0.337 e. The van der Waals surface area contributed by atoms with E-state index in [4.69, 9.17) is 5.73 Å². The van der Waals surface area contributed by atoms with Gasteiger partial charge >= 0.3 is 0 Å². The van der Waals surface area contributed by atoms with Gasteiger partial charge in [-0.05, 0) is 37.1 Å². The molecule has 2 N–H and O–H groups in total. The minimum atomic E-state index is 0. The summed E-state index contributed by atoms with van der Waals surface area (Å²) < 4.78 is 0. The van der Waals surface area contributed by atoms with E-state index in [0.29, 0.717) is 11.6 Å². The monoisotopic (exact) mass is 393 g/mol. The summed E-state index contributed by atoms with van der Waals surface area (Å²) in [7, 11) is 0. The van der Waals surface area contributed by atoms with E-state index in [1.54, 1.807) is 11.3 Å². The highest BCUT2D eigenvalue weighted by Gasteiger charge is 2.26. The first kappa shape index (κ1) is 20.4. The van der Waals surface area contributed by atoms with Crippen LogP contribution in [0.2, 0.25) is 0 Å². The lowest BCUT2D eigenvalue weighted by Gasteiger charge is -2.33. The highest BCUT2D eigenvalue weighted by Crippen LogP contribution is 2.29. The van der Waals surface area contributed by atoms with Crippen molar-refractivity contribution in [1.29, 1.82) is 0 Å². The summed E-state index contributed by atoms with van der Waals surface area (Å²) in [5.74, 6) is 0.586. The number of hydrogen-bond acceptors (Lipinski definition) is 5. The van der Waals surface area contributed by atoms with Gasteiger partial charge in [-0.3, -0.25) is 4.79 Å². The molecule has 1 saturated heterocycles. The lowest BCUT2D eigenvalue weighted by atomic mass is 9.91. The molecule has 4 nitrogen and oxygen atoms in total. The zero-order valence-corrected chi connectivity index (χ0v) is 16.1. The third kappa shape index (κ3) is 4.67. The maximum Gasteiger partial charge on any atom is 0.273 e. The Morgan fingerprint density at radius 2 is 2.04 bits per heavy atom. The number of halogens is 2. The summed E-state index contributed by atoms with van der Waals surface area (Å²) in [5.41, 5.74) is 6.52. The molecule has 3 heterocycles. The van der Waals surface area contributed by atoms with Crippen molar-refractivity contribution in [2.24, 2.45) is 11.7 Å². The third-order valence-electron chi connectivity index (χ3n) is 4.03. The molecule has 1 aliphatic rings. The van der Waals surface area contributed by atoms with Gasteiger partial charge in [-0.15, -0.1) is 47.5 Å². The van der Waals surface area contributed by atoms with Gasteiger partial charge in [0.15, 0.2) is 0 Å². The molecule has 2 aromatic rings. The standard InChI is InChI=1S/C15H19N3OS2.2ClH/c1-10(16)11-4-6-18(7-5-11)15(19)12-9-21-14(17-12)13-3-2-8-20-13;;/h2-3,8-11H,4-7,16H2,1H3;2*1H. The van der Waals surface area contributed by atoms with E-state index in [1.807, 2.05) is 27.8 Å². The number of thiazole rings is 1. The van der Waals surface area contributed by atoms with Crippen LogP contribution >= 0.6 is 47.5 Å². The molecule has 0 aliphatic carbocycles. The lowest BCUT2D eigenvalue weighted by Crippen LogP contribution is -2.42. The third-order valence-corrected chi connectivity index (χ3v) is 5.91. The molecule has 0 bridgehead atoms. The smallest absolute Gasteiger partial charge is 0.273 e. The molecule has 1 unspecified atom stereocenters. The SMILES string of the molecule is CC(N)C1CCN(C(=O)c2csc(-c3cccs3)n2)CC1.Cl.Cl. The second-order valence-electron chi connectivity index (χ2n) is 5.50. The molecule has 1 aliphatic heterocycles. The second kappa shape index (κ2) is 8.99. The Kier molecular flexibility index (Phi) is 7.97. The normalized spacial score (nSPS) is 16.3. The molecule has 128 valence electrons. The zero-order chi connectivity index (χ0) is 14.8. The van der Waals surface area contributed by atoms with Crippen LogP contribution in [0.4, 0.5) is 0 Å². The average Bonchev–Trinajstić information content (AvgIpc) is 3.17. The summed E-state index contributed by atoms with van der Waals surface area (Å²) in [6.07, 6.45) is 1.98. The lowest BCUT2D eigenvalue weighted by molar-refractivity contribution is 0.0676. The molecule has 0 aromatic carbocycles. The summed E-state index contributed by atoms with van der Waals surface area (Å²) in [6.45, 7) is 3.63. The number of likely N-dealkylation sites (tertiary alicyclic amines) is 1. The minimum absolute atomic E-state index is 0. The highest BCUT2D eigenvalue weighted by molar-refractivity contribution is 7.20. The van der Waals surface area contributed by atoms with E-state index >= 15 is 0 Å². The van der Waals surface area contributed by atoms with Crippen LogP contribution in [0.15, 0.2) is 22.9 Å². The predicted octanol–water partition coefficient (Wildman–Crippen LogP) is 3.91. The number of thiophene rings is 1. The Bertz CT molecular complexity index is 608. The molecule has 23 heavy (non-hydrogen) atoms. The minimum Gasteiger partial charge on any atom is -0.337 e. The van der Waals surface area contributed by atoms with Crippen LogP contribution in [-0.4, -0.2) is 34.9 Å². The van der Waals surface area contributed by atoms with Crippen molar-refractivity contribution in [3.05, 3.63) is 28.6 Å². The Morgan fingerprint density at radius 1 is 1.35 bits per heavy atom. The quantitative estimate of drug-likeness (QED) is 0.859. The van der Waals surface area contributed by atoms with Crippen molar-refractivity contribution in [3.63, 3.8) is 0 Å². The van der Waals surface area contributed by atoms with Gasteiger partial charge in [-0.1, -0.05) is 6.07 Å². The fraction of sp³-hybridized carbons (Fsp3) is 0.467. The molecule has 3 rings (SSSR count). The Morgan fingerprint density at radius 3 is 2.61 bits per heavy atom. The van der Waals surface area contributed by atoms with Crippen LogP contribution in [0.5, 0.6) is 0 Å². The number of hydrogen-bond donors (Lipinski definition) is 1. The van der Waals surface area contributed by atoms with Gasteiger partial charge < -0.3 is 10.6 Å². The number of carbonyl (C=O) groups excluding carboxylic acids is 1. The Labute approximate surface area is 156 Å². The Balaban J connectivity index is 0.00000132. The molecule has 8 heteroatoms. The van der Waals surface area contributed by atoms with E-state index in [0.717, 1.165) is 35.8 Å². The van der Waals surface area contributed by atoms with E-state index in [9.17, 15) is 4.79 Å². The molecule has 1 fully saturated rings. The first-order chi connectivity index (χ1) is 10.1. The van der Waals surface area contributed by atoms with E-state index < -0.39 is 0 Å². The van der Waals surface area contributed by atoms with Gasteiger partial charge in [-0.25, -0.2) is 4.98 Å². The van der Waals surface area contributed by atoms with E-state index in [1.165, 1.54) is 11.3 Å². The number of aromatic nitrogens is 1. The van der Waals surface area contributed by atoms with Crippen LogP contribution in [-0.2, 0) is 0 Å².